The molecule has 0 radical (unpaired) electrons. The van der Waals surface area contributed by atoms with Gasteiger partial charge in [-0.25, -0.2) is 4.98 Å². The minimum atomic E-state index is -0.0419. The van der Waals surface area contributed by atoms with Gasteiger partial charge in [0, 0.05) is 32.4 Å². The van der Waals surface area contributed by atoms with Crippen LogP contribution in [0.5, 0.6) is 0 Å². The minimum absolute atomic E-state index is 0.0419. The Morgan fingerprint density at radius 2 is 2.45 bits per heavy atom. The van der Waals surface area contributed by atoms with Crippen LogP contribution >= 0.6 is 11.6 Å². The second-order valence-corrected chi connectivity index (χ2v) is 5.28. The third-order valence-electron chi connectivity index (χ3n) is 3.17. The first-order chi connectivity index (χ1) is 9.61. The van der Waals surface area contributed by atoms with E-state index in [2.05, 4.69) is 10.3 Å². The van der Waals surface area contributed by atoms with Gasteiger partial charge in [-0.05, 0) is 26.3 Å². The van der Waals surface area contributed by atoms with Gasteiger partial charge in [-0.15, -0.1) is 0 Å². The maximum atomic E-state index is 12.5. The number of carbonyl (C=O) groups excluding carboxylic acids is 1. The van der Waals surface area contributed by atoms with Crippen molar-refractivity contribution in [1.29, 1.82) is 0 Å². The number of ether oxygens (including phenoxy) is 1. The van der Waals surface area contributed by atoms with Gasteiger partial charge in [0.1, 0.15) is 5.82 Å². The maximum Gasteiger partial charge on any atom is 0.255 e. The van der Waals surface area contributed by atoms with Crippen LogP contribution in [0.15, 0.2) is 12.3 Å². The molecule has 1 aliphatic heterocycles. The number of hydrogen-bond acceptors (Lipinski definition) is 4. The van der Waals surface area contributed by atoms with E-state index < -0.39 is 0 Å². The SMILES string of the molecule is CCNc1ncc(C(=O)N2CCCOC(C)C2)cc1Cl. The van der Waals surface area contributed by atoms with Crippen LogP contribution in [0.3, 0.4) is 0 Å². The van der Waals surface area contributed by atoms with Crippen molar-refractivity contribution >= 4 is 23.3 Å². The molecule has 1 atom stereocenters. The van der Waals surface area contributed by atoms with Crippen molar-refractivity contribution in [1.82, 2.24) is 9.88 Å². The first kappa shape index (κ1) is 15.1. The number of nitrogens with zero attached hydrogens (tertiary/aromatic N) is 2. The zero-order chi connectivity index (χ0) is 14.5. The zero-order valence-corrected chi connectivity index (χ0v) is 12.6. The van der Waals surface area contributed by atoms with Gasteiger partial charge in [-0.3, -0.25) is 4.79 Å². The Hall–Kier alpha value is -1.33. The van der Waals surface area contributed by atoms with E-state index in [9.17, 15) is 4.79 Å². The highest BCUT2D eigenvalue weighted by molar-refractivity contribution is 6.33. The van der Waals surface area contributed by atoms with Gasteiger partial charge in [0.2, 0.25) is 0 Å². The molecular formula is C14H20ClN3O2. The molecule has 1 aliphatic rings. The van der Waals surface area contributed by atoms with Gasteiger partial charge in [-0.2, -0.15) is 0 Å². The lowest BCUT2D eigenvalue weighted by atomic mass is 10.2. The highest BCUT2D eigenvalue weighted by Crippen LogP contribution is 2.21. The van der Waals surface area contributed by atoms with Crippen molar-refractivity contribution in [3.8, 4) is 0 Å². The molecule has 1 unspecified atom stereocenters. The van der Waals surface area contributed by atoms with Crippen molar-refractivity contribution in [2.75, 3.05) is 31.6 Å². The predicted octanol–water partition coefficient (Wildman–Crippen LogP) is 2.42. The molecule has 1 N–H and O–H groups in total. The van der Waals surface area contributed by atoms with Crippen LogP contribution in [0.4, 0.5) is 5.82 Å². The molecule has 6 heteroatoms. The third kappa shape index (κ3) is 3.61. The van der Waals surface area contributed by atoms with Crippen LogP contribution in [0, 0.1) is 0 Å². The molecule has 0 aromatic carbocycles. The monoisotopic (exact) mass is 297 g/mol. The maximum absolute atomic E-state index is 12.5. The average Bonchev–Trinajstić information content (AvgIpc) is 2.65. The van der Waals surface area contributed by atoms with Crippen LogP contribution in [-0.2, 0) is 4.74 Å². The lowest BCUT2D eigenvalue weighted by molar-refractivity contribution is 0.0562. The van der Waals surface area contributed by atoms with Crippen LogP contribution in [-0.4, -0.2) is 48.1 Å². The summed E-state index contributed by atoms with van der Waals surface area (Å²) in [4.78, 5) is 18.5. The normalized spacial score (nSPS) is 19.6. The van der Waals surface area contributed by atoms with E-state index in [1.165, 1.54) is 0 Å². The summed E-state index contributed by atoms with van der Waals surface area (Å²) in [5.74, 6) is 0.568. The largest absolute Gasteiger partial charge is 0.377 e. The van der Waals surface area contributed by atoms with Crippen molar-refractivity contribution in [3.63, 3.8) is 0 Å². The second-order valence-electron chi connectivity index (χ2n) is 4.87. The van der Waals surface area contributed by atoms with Gasteiger partial charge in [0.05, 0.1) is 16.7 Å². The average molecular weight is 298 g/mol. The predicted molar refractivity (Wildman–Crippen MR) is 79.3 cm³/mol. The first-order valence-corrected chi connectivity index (χ1v) is 7.30. The molecular weight excluding hydrogens is 278 g/mol. The molecule has 1 aromatic heterocycles. The lowest BCUT2D eigenvalue weighted by Crippen LogP contribution is -2.36. The van der Waals surface area contributed by atoms with Crippen molar-refractivity contribution < 1.29 is 9.53 Å². The van der Waals surface area contributed by atoms with Gasteiger partial charge >= 0.3 is 0 Å². The first-order valence-electron chi connectivity index (χ1n) is 6.92. The van der Waals surface area contributed by atoms with Gasteiger partial charge in [0.25, 0.3) is 5.91 Å². The highest BCUT2D eigenvalue weighted by atomic mass is 35.5. The van der Waals surface area contributed by atoms with E-state index in [1.54, 1.807) is 17.2 Å². The number of aromatic nitrogens is 1. The van der Waals surface area contributed by atoms with Crippen LogP contribution in [0.1, 0.15) is 30.6 Å². The number of nitrogens with one attached hydrogen (secondary N) is 1. The fourth-order valence-corrected chi connectivity index (χ4v) is 2.45. The fraction of sp³-hybridized carbons (Fsp3) is 0.571. The zero-order valence-electron chi connectivity index (χ0n) is 11.9. The standard InChI is InChI=1S/C14H20ClN3O2/c1-3-16-13-12(15)7-11(8-17-13)14(19)18-5-4-6-20-10(2)9-18/h7-8,10H,3-6,9H2,1-2H3,(H,16,17). The Morgan fingerprint density at radius 3 is 3.15 bits per heavy atom. The summed E-state index contributed by atoms with van der Waals surface area (Å²) in [5, 5.41) is 3.52. The number of carbonyl (C=O) groups is 1. The Kier molecular flexibility index (Phi) is 5.20. The summed E-state index contributed by atoms with van der Waals surface area (Å²) in [6, 6.07) is 1.67. The summed E-state index contributed by atoms with van der Waals surface area (Å²) in [7, 11) is 0. The van der Waals surface area contributed by atoms with Crippen molar-refractivity contribution in [2.24, 2.45) is 0 Å². The van der Waals surface area contributed by atoms with E-state index in [4.69, 9.17) is 16.3 Å². The molecule has 2 rings (SSSR count). The minimum Gasteiger partial charge on any atom is -0.377 e. The van der Waals surface area contributed by atoms with E-state index in [0.29, 0.717) is 36.1 Å². The number of amides is 1. The van der Waals surface area contributed by atoms with Crippen molar-refractivity contribution in [3.05, 3.63) is 22.8 Å². The molecule has 0 saturated carbocycles. The Morgan fingerprint density at radius 1 is 1.65 bits per heavy atom. The molecule has 1 saturated heterocycles. The quantitative estimate of drug-likeness (QED) is 0.931. The molecule has 1 fully saturated rings. The highest BCUT2D eigenvalue weighted by Gasteiger charge is 2.21. The summed E-state index contributed by atoms with van der Waals surface area (Å²) in [6.07, 6.45) is 2.49. The van der Waals surface area contributed by atoms with E-state index >= 15 is 0 Å². The smallest absolute Gasteiger partial charge is 0.255 e. The van der Waals surface area contributed by atoms with E-state index in [1.807, 2.05) is 13.8 Å². The molecule has 2 heterocycles. The molecule has 0 aliphatic carbocycles. The lowest BCUT2D eigenvalue weighted by Gasteiger charge is -2.22. The molecule has 20 heavy (non-hydrogen) atoms. The second kappa shape index (κ2) is 6.90. The van der Waals surface area contributed by atoms with Crippen LogP contribution in [0.2, 0.25) is 5.02 Å². The molecule has 0 bridgehead atoms. The van der Waals surface area contributed by atoms with Gasteiger partial charge in [-0.1, -0.05) is 11.6 Å². The molecule has 1 amide bonds. The third-order valence-corrected chi connectivity index (χ3v) is 3.46. The fourth-order valence-electron chi connectivity index (χ4n) is 2.21. The Labute approximate surface area is 124 Å². The van der Waals surface area contributed by atoms with E-state index in [0.717, 1.165) is 13.0 Å². The molecule has 0 spiro atoms. The van der Waals surface area contributed by atoms with Crippen LogP contribution < -0.4 is 5.32 Å². The summed E-state index contributed by atoms with van der Waals surface area (Å²) in [5.41, 5.74) is 0.519. The number of hydrogen-bond donors (Lipinski definition) is 1. The Balaban J connectivity index is 2.13. The molecule has 110 valence electrons. The Bertz CT molecular complexity index is 481. The molecule has 1 aromatic rings. The van der Waals surface area contributed by atoms with Gasteiger partial charge in [0.15, 0.2) is 0 Å². The van der Waals surface area contributed by atoms with Crippen molar-refractivity contribution in [2.45, 2.75) is 26.4 Å². The number of pyridine rings is 1. The summed E-state index contributed by atoms with van der Waals surface area (Å²) in [6.45, 7) is 6.69. The van der Waals surface area contributed by atoms with Gasteiger partial charge < -0.3 is 15.0 Å². The topological polar surface area (TPSA) is 54.5 Å². The molecule has 5 nitrogen and oxygen atoms in total. The summed E-state index contributed by atoms with van der Waals surface area (Å²) < 4.78 is 5.55. The summed E-state index contributed by atoms with van der Waals surface area (Å²) >= 11 is 6.13. The van der Waals surface area contributed by atoms with Crippen LogP contribution in [0.25, 0.3) is 0 Å². The number of anilines is 1. The number of rotatable bonds is 3. The van der Waals surface area contributed by atoms with E-state index in [-0.39, 0.29) is 12.0 Å². The number of halogens is 1.